The number of hydrogen-bond donors (Lipinski definition) is 0. The summed E-state index contributed by atoms with van der Waals surface area (Å²) in [6.45, 7) is 1.55. The molecule has 2 saturated carbocycles. The molecule has 1 aromatic carbocycles. The second-order valence-electron chi connectivity index (χ2n) is 7.24. The molecule has 1 saturated heterocycles. The van der Waals surface area contributed by atoms with E-state index in [-0.39, 0.29) is 11.9 Å². The van der Waals surface area contributed by atoms with Crippen molar-refractivity contribution in [3.8, 4) is 5.75 Å². The van der Waals surface area contributed by atoms with Gasteiger partial charge in [0.15, 0.2) is 0 Å². The van der Waals surface area contributed by atoms with Crippen LogP contribution in [0.5, 0.6) is 5.75 Å². The van der Waals surface area contributed by atoms with E-state index >= 15 is 0 Å². The van der Waals surface area contributed by atoms with Gasteiger partial charge in [-0.15, -0.1) is 0 Å². The molecule has 1 aliphatic heterocycles. The lowest BCUT2D eigenvalue weighted by atomic mass is 10.0. The molecule has 0 bridgehead atoms. The quantitative estimate of drug-likeness (QED) is 0.852. The highest BCUT2D eigenvalue weighted by atomic mass is 19.1. The molecule has 0 radical (unpaired) electrons. The Morgan fingerprint density at radius 2 is 1.78 bits per heavy atom. The molecule has 3 nitrogen and oxygen atoms in total. The maximum Gasteiger partial charge on any atom is 0.226 e. The summed E-state index contributed by atoms with van der Waals surface area (Å²) in [5, 5.41) is 0. The predicted molar refractivity (Wildman–Crippen MR) is 85.6 cm³/mol. The van der Waals surface area contributed by atoms with E-state index in [2.05, 4.69) is 0 Å². The molecule has 124 valence electrons. The Hall–Kier alpha value is -1.58. The Bertz CT molecular complexity index is 570. The maximum absolute atomic E-state index is 13.2. The molecule has 1 unspecified atom stereocenters. The van der Waals surface area contributed by atoms with Crippen molar-refractivity contribution in [1.82, 2.24) is 4.90 Å². The molecular weight excluding hydrogens is 293 g/mol. The molecule has 0 spiro atoms. The van der Waals surface area contributed by atoms with Crippen LogP contribution in [0.1, 0.15) is 38.5 Å². The van der Waals surface area contributed by atoms with Crippen LogP contribution in [0.4, 0.5) is 4.39 Å². The van der Waals surface area contributed by atoms with E-state index in [9.17, 15) is 9.18 Å². The van der Waals surface area contributed by atoms with Crippen molar-refractivity contribution in [2.45, 2.75) is 44.6 Å². The molecule has 1 amide bonds. The van der Waals surface area contributed by atoms with Crippen LogP contribution in [0.2, 0.25) is 0 Å². The third kappa shape index (κ3) is 3.08. The Balaban J connectivity index is 1.28. The van der Waals surface area contributed by atoms with Crippen molar-refractivity contribution in [1.29, 1.82) is 0 Å². The van der Waals surface area contributed by atoms with Gasteiger partial charge in [-0.1, -0.05) is 18.9 Å². The molecule has 4 heteroatoms. The highest BCUT2D eigenvalue weighted by molar-refractivity contribution is 5.82. The number of carbonyl (C=O) groups is 1. The highest BCUT2D eigenvalue weighted by Crippen LogP contribution is 2.56. The number of fused-ring (bicyclic) bond motifs is 1. The molecule has 2 aliphatic carbocycles. The Kier molecular flexibility index (Phi) is 4.00. The van der Waals surface area contributed by atoms with Gasteiger partial charge in [0, 0.05) is 37.9 Å². The second-order valence-corrected chi connectivity index (χ2v) is 7.24. The molecule has 23 heavy (non-hydrogen) atoms. The van der Waals surface area contributed by atoms with Crippen molar-refractivity contribution in [2.75, 3.05) is 13.1 Å². The Morgan fingerprint density at radius 1 is 1.09 bits per heavy atom. The van der Waals surface area contributed by atoms with Crippen LogP contribution in [0.25, 0.3) is 0 Å². The Morgan fingerprint density at radius 3 is 2.43 bits per heavy atom. The first-order valence-electron chi connectivity index (χ1n) is 8.93. The number of hydrogen-bond acceptors (Lipinski definition) is 2. The number of ether oxygens (including phenoxy) is 1. The lowest BCUT2D eigenvalue weighted by Gasteiger charge is -2.32. The molecule has 0 aromatic heterocycles. The van der Waals surface area contributed by atoms with Crippen LogP contribution in [0.15, 0.2) is 24.3 Å². The molecule has 3 aliphatic rings. The molecule has 3 fully saturated rings. The molecule has 3 atom stereocenters. The standard InChI is InChI=1S/C19H24FNO2/c20-13-4-3-5-15(12-13)23-14-8-10-21(11-9-14)19(22)18-16-6-1-2-7-17(16)18/h3-5,12,14,16-18H,1-2,6-11H2/t16-,17+,18?. The fourth-order valence-electron chi connectivity index (χ4n) is 4.50. The van der Waals surface area contributed by atoms with E-state index in [0.717, 1.165) is 25.9 Å². The minimum atomic E-state index is -0.272. The summed E-state index contributed by atoms with van der Waals surface area (Å²) in [6.07, 6.45) is 6.86. The number of amides is 1. The lowest BCUT2D eigenvalue weighted by Crippen LogP contribution is -2.42. The average Bonchev–Trinajstić information content (AvgIpc) is 3.29. The highest BCUT2D eigenvalue weighted by Gasteiger charge is 2.55. The van der Waals surface area contributed by atoms with Gasteiger partial charge in [-0.3, -0.25) is 4.79 Å². The largest absolute Gasteiger partial charge is 0.490 e. The third-order valence-corrected chi connectivity index (χ3v) is 5.79. The summed E-state index contributed by atoms with van der Waals surface area (Å²) in [5.74, 6) is 2.37. The van der Waals surface area contributed by atoms with Gasteiger partial charge in [0.05, 0.1) is 0 Å². The predicted octanol–water partition coefficient (Wildman–Crippen LogP) is 3.63. The first-order valence-corrected chi connectivity index (χ1v) is 8.93. The van der Waals surface area contributed by atoms with E-state index in [4.69, 9.17) is 4.74 Å². The van der Waals surface area contributed by atoms with Crippen LogP contribution in [0, 0.1) is 23.6 Å². The lowest BCUT2D eigenvalue weighted by molar-refractivity contribution is -0.135. The second kappa shape index (κ2) is 6.14. The zero-order valence-corrected chi connectivity index (χ0v) is 13.4. The topological polar surface area (TPSA) is 29.5 Å². The van der Waals surface area contributed by atoms with Crippen molar-refractivity contribution in [2.24, 2.45) is 17.8 Å². The van der Waals surface area contributed by atoms with E-state index in [0.29, 0.717) is 29.4 Å². The van der Waals surface area contributed by atoms with Crippen LogP contribution in [0.3, 0.4) is 0 Å². The van der Waals surface area contributed by atoms with Crippen LogP contribution in [-0.4, -0.2) is 30.0 Å². The van der Waals surface area contributed by atoms with E-state index in [1.54, 1.807) is 12.1 Å². The van der Waals surface area contributed by atoms with Gasteiger partial charge in [0.2, 0.25) is 5.91 Å². The van der Waals surface area contributed by atoms with Gasteiger partial charge < -0.3 is 9.64 Å². The number of nitrogens with zero attached hydrogens (tertiary/aromatic N) is 1. The van der Waals surface area contributed by atoms with Gasteiger partial charge in [-0.2, -0.15) is 0 Å². The molecule has 4 rings (SSSR count). The van der Waals surface area contributed by atoms with Gasteiger partial charge in [0.25, 0.3) is 0 Å². The third-order valence-electron chi connectivity index (χ3n) is 5.79. The first-order chi connectivity index (χ1) is 11.2. The summed E-state index contributed by atoms with van der Waals surface area (Å²) < 4.78 is 19.1. The Labute approximate surface area is 136 Å². The van der Waals surface area contributed by atoms with Crippen LogP contribution >= 0.6 is 0 Å². The number of piperidine rings is 1. The SMILES string of the molecule is O=C(C1[C@H]2CCCC[C@@H]12)N1CCC(Oc2cccc(F)c2)CC1. The number of carbonyl (C=O) groups excluding carboxylic acids is 1. The summed E-state index contributed by atoms with van der Waals surface area (Å²) >= 11 is 0. The van der Waals surface area contributed by atoms with Crippen molar-refractivity contribution < 1.29 is 13.9 Å². The zero-order chi connectivity index (χ0) is 15.8. The van der Waals surface area contributed by atoms with Crippen molar-refractivity contribution in [3.63, 3.8) is 0 Å². The monoisotopic (exact) mass is 317 g/mol. The molecule has 1 heterocycles. The summed E-state index contributed by atoms with van der Waals surface area (Å²) in [4.78, 5) is 14.7. The van der Waals surface area contributed by atoms with Gasteiger partial charge in [-0.25, -0.2) is 4.39 Å². The minimum Gasteiger partial charge on any atom is -0.490 e. The van der Waals surface area contributed by atoms with Crippen LogP contribution < -0.4 is 4.74 Å². The summed E-state index contributed by atoms with van der Waals surface area (Å²) in [5.41, 5.74) is 0. The van der Waals surface area contributed by atoms with Crippen molar-refractivity contribution in [3.05, 3.63) is 30.1 Å². The number of benzene rings is 1. The van der Waals surface area contributed by atoms with Gasteiger partial charge in [0.1, 0.15) is 17.7 Å². The fraction of sp³-hybridized carbons (Fsp3) is 0.632. The van der Waals surface area contributed by atoms with E-state index < -0.39 is 0 Å². The van der Waals surface area contributed by atoms with E-state index in [1.807, 2.05) is 4.90 Å². The molecular formula is C19H24FNO2. The average molecular weight is 317 g/mol. The van der Waals surface area contributed by atoms with Crippen molar-refractivity contribution >= 4 is 5.91 Å². The summed E-state index contributed by atoms with van der Waals surface area (Å²) in [6, 6.07) is 6.29. The fourth-order valence-corrected chi connectivity index (χ4v) is 4.50. The van der Waals surface area contributed by atoms with Crippen LogP contribution in [-0.2, 0) is 4.79 Å². The summed E-state index contributed by atoms with van der Waals surface area (Å²) in [7, 11) is 0. The van der Waals surface area contributed by atoms with Gasteiger partial charge >= 0.3 is 0 Å². The number of halogens is 1. The smallest absolute Gasteiger partial charge is 0.226 e. The molecule has 0 N–H and O–H groups in total. The number of likely N-dealkylation sites (tertiary alicyclic amines) is 1. The normalized spacial score (nSPS) is 30.7. The minimum absolute atomic E-state index is 0.0855. The maximum atomic E-state index is 13.2. The van der Waals surface area contributed by atoms with E-state index in [1.165, 1.54) is 37.8 Å². The number of rotatable bonds is 3. The van der Waals surface area contributed by atoms with Gasteiger partial charge in [-0.05, 0) is 36.8 Å². The zero-order valence-electron chi connectivity index (χ0n) is 13.4. The first kappa shape index (κ1) is 15.0. The molecule has 1 aromatic rings.